The molecule has 3 aromatic carbocycles. The molecular weight excluding hydrogens is 444 g/mol. The van der Waals surface area contributed by atoms with Crippen molar-refractivity contribution >= 4 is 26.8 Å². The predicted molar refractivity (Wildman–Crippen MR) is 119 cm³/mol. The molecule has 0 aromatic heterocycles. The molecular formula is C23H22F4N2O2S. The van der Waals surface area contributed by atoms with E-state index in [9.17, 15) is 26.0 Å². The molecule has 9 heteroatoms. The number of hydrogen-bond donors (Lipinski definition) is 2. The Morgan fingerprint density at radius 2 is 1.31 bits per heavy atom. The molecule has 0 unspecified atom stereocenters. The molecule has 0 saturated carbocycles. The van der Waals surface area contributed by atoms with Crippen LogP contribution in [0.3, 0.4) is 0 Å². The highest BCUT2D eigenvalue weighted by atomic mass is 32.2. The fourth-order valence-corrected chi connectivity index (χ4v) is 3.39. The summed E-state index contributed by atoms with van der Waals surface area (Å²) in [5.41, 5.74) is 7.72. The van der Waals surface area contributed by atoms with Crippen LogP contribution in [-0.4, -0.2) is 21.0 Å². The van der Waals surface area contributed by atoms with Crippen LogP contribution in [0.5, 0.6) is 0 Å². The quantitative estimate of drug-likeness (QED) is 0.288. The Hall–Kier alpha value is -3.17. The smallest absolute Gasteiger partial charge is 0.355 e. The molecule has 0 aliphatic heterocycles. The SMILES string of the molecule is C/C(=C(\Nc1ccccc1)c1ccc(S(C)(=O)=O)cc1)c1ccc(F)cc1.NC(F)(F)F. The molecule has 170 valence electrons. The van der Waals surface area contributed by atoms with Crippen molar-refractivity contribution in [1.82, 2.24) is 0 Å². The van der Waals surface area contributed by atoms with Crippen LogP contribution < -0.4 is 11.1 Å². The number of hydrogen-bond acceptors (Lipinski definition) is 4. The van der Waals surface area contributed by atoms with E-state index >= 15 is 0 Å². The van der Waals surface area contributed by atoms with Crippen molar-refractivity contribution in [3.63, 3.8) is 0 Å². The van der Waals surface area contributed by atoms with Crippen LogP contribution in [0.4, 0.5) is 23.2 Å². The van der Waals surface area contributed by atoms with Crippen LogP contribution in [0.25, 0.3) is 11.3 Å². The highest BCUT2D eigenvalue weighted by Crippen LogP contribution is 2.28. The van der Waals surface area contributed by atoms with Crippen LogP contribution >= 0.6 is 0 Å². The number of sulfone groups is 1. The fraction of sp³-hybridized carbons (Fsp3) is 0.130. The maximum Gasteiger partial charge on any atom is 0.454 e. The van der Waals surface area contributed by atoms with Crippen molar-refractivity contribution in [3.8, 4) is 0 Å². The number of anilines is 1. The number of para-hydroxylation sites is 1. The molecule has 3 rings (SSSR count). The van der Waals surface area contributed by atoms with Gasteiger partial charge in [0.2, 0.25) is 0 Å². The lowest BCUT2D eigenvalue weighted by Crippen LogP contribution is -2.20. The molecule has 0 aliphatic rings. The zero-order valence-electron chi connectivity index (χ0n) is 17.3. The third-order valence-corrected chi connectivity index (χ3v) is 5.39. The van der Waals surface area contributed by atoms with Crippen molar-refractivity contribution in [2.24, 2.45) is 5.73 Å². The van der Waals surface area contributed by atoms with Gasteiger partial charge in [-0.3, -0.25) is 0 Å². The van der Waals surface area contributed by atoms with Gasteiger partial charge in [-0.25, -0.2) is 18.5 Å². The Morgan fingerprint density at radius 3 is 1.78 bits per heavy atom. The predicted octanol–water partition coefficient (Wildman–Crippen LogP) is 5.69. The van der Waals surface area contributed by atoms with Gasteiger partial charge in [0.1, 0.15) is 5.82 Å². The number of rotatable bonds is 5. The normalized spacial score (nSPS) is 12.3. The molecule has 0 amide bonds. The molecule has 0 spiro atoms. The van der Waals surface area contributed by atoms with E-state index in [1.807, 2.05) is 37.3 Å². The van der Waals surface area contributed by atoms with Crippen molar-refractivity contribution in [2.45, 2.75) is 18.1 Å². The molecule has 32 heavy (non-hydrogen) atoms. The van der Waals surface area contributed by atoms with Crippen LogP contribution in [0.2, 0.25) is 0 Å². The van der Waals surface area contributed by atoms with E-state index in [4.69, 9.17) is 0 Å². The van der Waals surface area contributed by atoms with E-state index in [0.29, 0.717) is 0 Å². The summed E-state index contributed by atoms with van der Waals surface area (Å²) in [7, 11) is -3.26. The summed E-state index contributed by atoms with van der Waals surface area (Å²) in [6.45, 7) is 1.95. The van der Waals surface area contributed by atoms with Gasteiger partial charge < -0.3 is 5.32 Å². The fourth-order valence-electron chi connectivity index (χ4n) is 2.76. The molecule has 0 radical (unpaired) electrons. The first-order valence-corrected chi connectivity index (χ1v) is 11.2. The highest BCUT2D eigenvalue weighted by Gasteiger charge is 2.17. The van der Waals surface area contributed by atoms with Gasteiger partial charge in [-0.1, -0.05) is 42.5 Å². The van der Waals surface area contributed by atoms with Gasteiger partial charge >= 0.3 is 6.30 Å². The summed E-state index contributed by atoms with van der Waals surface area (Å²) in [6.07, 6.45) is -3.31. The number of benzene rings is 3. The van der Waals surface area contributed by atoms with E-state index in [-0.39, 0.29) is 10.7 Å². The van der Waals surface area contributed by atoms with Crippen LogP contribution in [0, 0.1) is 5.82 Å². The van der Waals surface area contributed by atoms with Crippen molar-refractivity contribution in [1.29, 1.82) is 0 Å². The van der Waals surface area contributed by atoms with Crippen molar-refractivity contribution in [2.75, 3.05) is 11.6 Å². The summed E-state index contributed by atoms with van der Waals surface area (Å²) in [4.78, 5) is 0.268. The zero-order valence-corrected chi connectivity index (χ0v) is 18.1. The second kappa shape index (κ2) is 10.4. The second-order valence-corrected chi connectivity index (χ2v) is 8.85. The minimum Gasteiger partial charge on any atom is -0.355 e. The van der Waals surface area contributed by atoms with Crippen LogP contribution in [0.15, 0.2) is 83.8 Å². The molecule has 4 nitrogen and oxygen atoms in total. The summed E-state index contributed by atoms with van der Waals surface area (Å²) in [5.74, 6) is -0.290. The largest absolute Gasteiger partial charge is 0.454 e. The van der Waals surface area contributed by atoms with E-state index in [1.54, 1.807) is 36.4 Å². The number of alkyl halides is 3. The summed E-state index contributed by atoms with van der Waals surface area (Å²) >= 11 is 0. The van der Waals surface area contributed by atoms with E-state index in [2.05, 4.69) is 11.1 Å². The monoisotopic (exact) mass is 466 g/mol. The molecule has 0 bridgehead atoms. The molecule has 0 aliphatic carbocycles. The molecule has 0 fully saturated rings. The molecule has 3 aromatic rings. The Kier molecular flexibility index (Phi) is 8.18. The Bertz CT molecular complexity index is 1150. The Labute approximate surface area is 184 Å². The van der Waals surface area contributed by atoms with E-state index in [1.165, 1.54) is 18.4 Å². The van der Waals surface area contributed by atoms with Gasteiger partial charge in [0, 0.05) is 17.6 Å². The lowest BCUT2D eigenvalue weighted by molar-refractivity contribution is -0.122. The Balaban J connectivity index is 0.000000654. The minimum absolute atomic E-state index is 0.268. The maximum absolute atomic E-state index is 13.3. The van der Waals surface area contributed by atoms with E-state index in [0.717, 1.165) is 28.1 Å². The molecule has 0 heterocycles. The first-order chi connectivity index (χ1) is 14.8. The second-order valence-electron chi connectivity index (χ2n) is 6.84. The van der Waals surface area contributed by atoms with Gasteiger partial charge in [-0.15, -0.1) is 0 Å². The molecule has 3 N–H and O–H groups in total. The lowest BCUT2D eigenvalue weighted by Gasteiger charge is -2.16. The van der Waals surface area contributed by atoms with Crippen molar-refractivity contribution < 1.29 is 26.0 Å². The van der Waals surface area contributed by atoms with Gasteiger partial charge in [0.05, 0.1) is 4.90 Å². The maximum atomic E-state index is 13.3. The minimum atomic E-state index is -4.50. The first-order valence-electron chi connectivity index (χ1n) is 9.29. The standard InChI is InChI=1S/C22H20FNO2S.CH2F3N/c1-16(17-8-12-19(23)13-9-17)22(24-20-6-4-3-5-7-20)18-10-14-21(15-11-18)27(2,25)26;2-1(3,4)5/h3-15,24H,1-2H3;5H2/b22-16+;. The molecule has 0 saturated heterocycles. The van der Waals surface area contributed by atoms with E-state index < -0.39 is 16.1 Å². The third-order valence-electron chi connectivity index (χ3n) is 4.27. The van der Waals surface area contributed by atoms with Crippen LogP contribution in [0.1, 0.15) is 18.1 Å². The summed E-state index contributed by atoms with van der Waals surface area (Å²) in [5, 5.41) is 3.40. The van der Waals surface area contributed by atoms with Gasteiger partial charge in [0.15, 0.2) is 9.84 Å². The first kappa shape index (κ1) is 25.1. The van der Waals surface area contributed by atoms with Gasteiger partial charge in [-0.05, 0) is 60.0 Å². The topological polar surface area (TPSA) is 72.2 Å². The average Bonchev–Trinajstić information content (AvgIpc) is 2.71. The van der Waals surface area contributed by atoms with Crippen molar-refractivity contribution in [3.05, 3.63) is 95.8 Å². The number of halogens is 4. The summed E-state index contributed by atoms with van der Waals surface area (Å²) in [6, 6.07) is 22.7. The Morgan fingerprint density at radius 1 is 0.844 bits per heavy atom. The highest BCUT2D eigenvalue weighted by molar-refractivity contribution is 7.90. The van der Waals surface area contributed by atoms with Gasteiger partial charge in [0.25, 0.3) is 0 Å². The average molecular weight is 467 g/mol. The lowest BCUT2D eigenvalue weighted by atomic mass is 10.0. The number of nitrogens with one attached hydrogen (secondary N) is 1. The zero-order chi connectivity index (χ0) is 23.9. The summed E-state index contributed by atoms with van der Waals surface area (Å²) < 4.78 is 67.1. The third kappa shape index (κ3) is 8.16. The number of allylic oxidation sites excluding steroid dienone is 1. The van der Waals surface area contributed by atoms with Crippen LogP contribution in [-0.2, 0) is 9.84 Å². The number of nitrogens with two attached hydrogens (primary N) is 1. The molecule has 0 atom stereocenters. The van der Waals surface area contributed by atoms with Gasteiger partial charge in [-0.2, -0.15) is 13.2 Å².